The fourth-order valence-electron chi connectivity index (χ4n) is 5.62. The van der Waals surface area contributed by atoms with Gasteiger partial charge in [-0.15, -0.1) is 0 Å². The molecule has 4 heteroatoms. The van der Waals surface area contributed by atoms with E-state index in [1.807, 2.05) is 13.0 Å². The van der Waals surface area contributed by atoms with E-state index < -0.39 is 5.79 Å². The van der Waals surface area contributed by atoms with Crippen molar-refractivity contribution in [3.05, 3.63) is 58.2 Å². The Hall–Kier alpha value is -1.75. The highest BCUT2D eigenvalue weighted by atomic mass is 16.7. The number of rotatable bonds is 6. The first-order valence-corrected chi connectivity index (χ1v) is 12.7. The van der Waals surface area contributed by atoms with Crippen molar-refractivity contribution in [2.75, 3.05) is 19.6 Å². The largest absolute Gasteiger partial charge is 0.335 e. The number of allylic oxidation sites excluding steroid dienone is 4. The number of ether oxygens (including phenoxy) is 2. The molecule has 0 amide bonds. The van der Waals surface area contributed by atoms with Gasteiger partial charge in [0.1, 0.15) is 0 Å². The molecule has 4 aliphatic rings. The Morgan fingerprint density at radius 1 is 1.12 bits per heavy atom. The average molecular weight is 452 g/mol. The maximum atomic E-state index is 12.5. The minimum atomic E-state index is -0.850. The second-order valence-electron chi connectivity index (χ2n) is 10.8. The van der Waals surface area contributed by atoms with E-state index in [0.29, 0.717) is 6.42 Å². The monoisotopic (exact) mass is 451 g/mol. The number of fused-ring (bicyclic) bond motifs is 1. The number of hydrogen-bond acceptors (Lipinski definition) is 4. The summed E-state index contributed by atoms with van der Waals surface area (Å²) in [6.07, 6.45) is 16.9. The molecule has 3 heterocycles. The first kappa shape index (κ1) is 24.4. The van der Waals surface area contributed by atoms with Gasteiger partial charge in [0.25, 0.3) is 0 Å². The molecule has 180 valence electrons. The highest BCUT2D eigenvalue weighted by Crippen LogP contribution is 2.43. The maximum Gasteiger partial charge on any atom is 0.209 e. The van der Waals surface area contributed by atoms with Crippen molar-refractivity contribution in [3.63, 3.8) is 0 Å². The van der Waals surface area contributed by atoms with Crippen LogP contribution in [0.1, 0.15) is 73.1 Å². The molecule has 4 rings (SSSR count). The van der Waals surface area contributed by atoms with E-state index in [-0.39, 0.29) is 23.9 Å². The summed E-state index contributed by atoms with van der Waals surface area (Å²) in [7, 11) is 0. The highest BCUT2D eigenvalue weighted by molar-refractivity contribution is 5.96. The van der Waals surface area contributed by atoms with Crippen molar-refractivity contribution in [2.45, 2.75) is 91.1 Å². The van der Waals surface area contributed by atoms with Gasteiger partial charge in [0.05, 0.1) is 12.2 Å². The molecule has 4 atom stereocenters. The smallest absolute Gasteiger partial charge is 0.209 e. The molecule has 1 spiro atoms. The Morgan fingerprint density at radius 2 is 1.88 bits per heavy atom. The topological polar surface area (TPSA) is 38.8 Å². The molecular weight excluding hydrogens is 410 g/mol. The van der Waals surface area contributed by atoms with Gasteiger partial charge in [-0.05, 0) is 109 Å². The van der Waals surface area contributed by atoms with Crippen LogP contribution in [-0.4, -0.2) is 48.3 Å². The second kappa shape index (κ2) is 10.2. The SMILES string of the molecule is CC(C)=CCCC(C)=C[C@@H]1CC(C)=C[C@]2(C=C(CN3CCCC3)[C@H]3CC(=O)C(C)=C[C@H]3O2)O1. The predicted molar refractivity (Wildman–Crippen MR) is 134 cm³/mol. The zero-order valence-corrected chi connectivity index (χ0v) is 21.2. The van der Waals surface area contributed by atoms with Gasteiger partial charge < -0.3 is 9.47 Å². The van der Waals surface area contributed by atoms with Crippen LogP contribution in [0.4, 0.5) is 0 Å². The van der Waals surface area contributed by atoms with Gasteiger partial charge in [-0.1, -0.05) is 28.9 Å². The van der Waals surface area contributed by atoms with Crippen LogP contribution < -0.4 is 0 Å². The number of hydrogen-bond donors (Lipinski definition) is 0. The molecule has 0 aromatic rings. The van der Waals surface area contributed by atoms with E-state index in [4.69, 9.17) is 9.47 Å². The van der Waals surface area contributed by atoms with Crippen LogP contribution in [0.5, 0.6) is 0 Å². The number of ketones is 1. The molecule has 1 fully saturated rings. The lowest BCUT2D eigenvalue weighted by Crippen LogP contribution is -2.49. The van der Waals surface area contributed by atoms with Gasteiger partial charge in [0.15, 0.2) is 5.78 Å². The van der Waals surface area contributed by atoms with Gasteiger partial charge in [0, 0.05) is 18.9 Å². The minimum Gasteiger partial charge on any atom is -0.335 e. The van der Waals surface area contributed by atoms with Crippen molar-refractivity contribution < 1.29 is 14.3 Å². The zero-order valence-electron chi connectivity index (χ0n) is 21.2. The Labute approximate surface area is 200 Å². The standard InChI is InChI=1S/C29H41NO3/c1-20(2)9-8-10-21(3)13-25-14-22(4)17-29(32-25)18-24(19-30-11-6-7-12-30)26-16-27(31)23(5)15-28(26)33-29/h9,13,15,17-18,25-26,28H,6-8,10-12,14,16,19H2,1-5H3/t25-,26-,28-,29+/m1/s1. The van der Waals surface area contributed by atoms with Crippen molar-refractivity contribution in [1.29, 1.82) is 0 Å². The molecule has 0 unspecified atom stereocenters. The van der Waals surface area contributed by atoms with Crippen molar-refractivity contribution in [2.24, 2.45) is 5.92 Å². The summed E-state index contributed by atoms with van der Waals surface area (Å²) in [4.78, 5) is 15.0. The summed E-state index contributed by atoms with van der Waals surface area (Å²) in [6, 6.07) is 0. The predicted octanol–water partition coefficient (Wildman–Crippen LogP) is 6.07. The second-order valence-corrected chi connectivity index (χ2v) is 10.8. The molecule has 33 heavy (non-hydrogen) atoms. The van der Waals surface area contributed by atoms with E-state index in [9.17, 15) is 4.79 Å². The van der Waals surface area contributed by atoms with Crippen LogP contribution in [0, 0.1) is 5.92 Å². The molecule has 0 bridgehead atoms. The number of Topliss-reactive ketones (excluding diaryl/α,β-unsaturated/α-hetero) is 1. The normalized spacial score (nSPS) is 32.9. The molecule has 0 saturated carbocycles. The minimum absolute atomic E-state index is 0.00200. The summed E-state index contributed by atoms with van der Waals surface area (Å²) < 4.78 is 13.4. The van der Waals surface area contributed by atoms with Crippen molar-refractivity contribution in [1.82, 2.24) is 4.90 Å². The van der Waals surface area contributed by atoms with Gasteiger partial charge in [-0.2, -0.15) is 0 Å². The third-order valence-corrected chi connectivity index (χ3v) is 7.31. The third kappa shape index (κ3) is 6.03. The molecule has 1 aliphatic carbocycles. The molecule has 3 aliphatic heterocycles. The van der Waals surface area contributed by atoms with Gasteiger partial charge in [-0.3, -0.25) is 9.69 Å². The van der Waals surface area contributed by atoms with E-state index in [2.05, 4.69) is 56.9 Å². The Kier molecular flexibility index (Phi) is 7.57. The fourth-order valence-corrected chi connectivity index (χ4v) is 5.62. The zero-order chi connectivity index (χ0) is 23.6. The van der Waals surface area contributed by atoms with Gasteiger partial charge >= 0.3 is 0 Å². The Bertz CT molecular complexity index is 911. The van der Waals surface area contributed by atoms with Crippen LogP contribution in [0.15, 0.2) is 58.2 Å². The first-order valence-electron chi connectivity index (χ1n) is 12.7. The van der Waals surface area contributed by atoms with Crippen LogP contribution >= 0.6 is 0 Å². The van der Waals surface area contributed by atoms with E-state index in [0.717, 1.165) is 44.5 Å². The Balaban J connectivity index is 1.60. The van der Waals surface area contributed by atoms with Crippen molar-refractivity contribution in [3.8, 4) is 0 Å². The number of carbonyl (C=O) groups excluding carboxylic acids is 1. The molecule has 0 radical (unpaired) electrons. The lowest BCUT2D eigenvalue weighted by Gasteiger charge is -2.46. The van der Waals surface area contributed by atoms with Crippen LogP contribution in [0.2, 0.25) is 0 Å². The van der Waals surface area contributed by atoms with Crippen LogP contribution in [-0.2, 0) is 14.3 Å². The van der Waals surface area contributed by atoms with E-state index >= 15 is 0 Å². The van der Waals surface area contributed by atoms with Gasteiger partial charge in [0.2, 0.25) is 5.79 Å². The van der Waals surface area contributed by atoms with Gasteiger partial charge in [-0.25, -0.2) is 0 Å². The highest BCUT2D eigenvalue weighted by Gasteiger charge is 2.45. The van der Waals surface area contributed by atoms with E-state index in [1.54, 1.807) is 0 Å². The maximum absolute atomic E-state index is 12.5. The molecule has 0 aromatic heterocycles. The Morgan fingerprint density at radius 3 is 2.61 bits per heavy atom. The van der Waals surface area contributed by atoms with Crippen LogP contribution in [0.25, 0.3) is 0 Å². The summed E-state index contributed by atoms with van der Waals surface area (Å²) in [6.45, 7) is 13.8. The molecular formula is C29H41NO3. The summed E-state index contributed by atoms with van der Waals surface area (Å²) in [5, 5.41) is 0. The van der Waals surface area contributed by atoms with E-state index in [1.165, 1.54) is 35.1 Å². The summed E-state index contributed by atoms with van der Waals surface area (Å²) >= 11 is 0. The third-order valence-electron chi connectivity index (χ3n) is 7.31. The quantitative estimate of drug-likeness (QED) is 0.460. The first-order chi connectivity index (χ1) is 15.7. The summed E-state index contributed by atoms with van der Waals surface area (Å²) in [5.74, 6) is -0.490. The fraction of sp³-hybridized carbons (Fsp3) is 0.621. The number of carbonyl (C=O) groups is 1. The lowest BCUT2D eigenvalue weighted by molar-refractivity contribution is -0.224. The molecule has 0 aromatic carbocycles. The average Bonchev–Trinajstić information content (AvgIpc) is 3.21. The molecule has 0 N–H and O–H groups in total. The van der Waals surface area contributed by atoms with Crippen molar-refractivity contribution >= 4 is 5.78 Å². The number of nitrogens with zero attached hydrogens (tertiary/aromatic N) is 1. The number of likely N-dealkylation sites (tertiary alicyclic amines) is 1. The molecule has 1 saturated heterocycles. The summed E-state index contributed by atoms with van der Waals surface area (Å²) in [5.41, 5.74) is 6.14. The van der Waals surface area contributed by atoms with Crippen LogP contribution in [0.3, 0.4) is 0 Å². The molecule has 4 nitrogen and oxygen atoms in total. The lowest BCUT2D eigenvalue weighted by atomic mass is 9.78.